The number of urea groups is 1. The normalized spacial score (nSPS) is 11.3. The zero-order chi connectivity index (χ0) is 22.3. The van der Waals surface area contributed by atoms with Crippen LogP contribution in [0.5, 0.6) is 0 Å². The molecule has 1 aromatic heterocycles. The molecule has 0 spiro atoms. The van der Waals surface area contributed by atoms with Gasteiger partial charge in [0.15, 0.2) is 0 Å². The Hall–Kier alpha value is -3.23. The molecular formula is C23H26N4O3S. The van der Waals surface area contributed by atoms with Gasteiger partial charge in [-0.05, 0) is 54.8 Å². The second-order valence-corrected chi connectivity index (χ2v) is 9.30. The number of rotatable bonds is 8. The number of aromatic nitrogens is 1. The predicted octanol–water partition coefficient (Wildman–Crippen LogP) is 3.57. The summed E-state index contributed by atoms with van der Waals surface area (Å²) >= 11 is 0. The fourth-order valence-corrected chi connectivity index (χ4v) is 4.08. The van der Waals surface area contributed by atoms with Gasteiger partial charge < -0.3 is 10.6 Å². The number of hydrogen-bond acceptors (Lipinski definition) is 4. The van der Waals surface area contributed by atoms with Crippen LogP contribution >= 0.6 is 0 Å². The maximum atomic E-state index is 12.8. The van der Waals surface area contributed by atoms with Crippen molar-refractivity contribution >= 4 is 21.7 Å². The van der Waals surface area contributed by atoms with Crippen molar-refractivity contribution in [3.8, 4) is 0 Å². The van der Waals surface area contributed by atoms with Crippen molar-refractivity contribution in [3.63, 3.8) is 0 Å². The van der Waals surface area contributed by atoms with Crippen LogP contribution in [0.3, 0.4) is 0 Å². The molecule has 0 unspecified atom stereocenters. The highest BCUT2D eigenvalue weighted by Crippen LogP contribution is 2.18. The van der Waals surface area contributed by atoms with E-state index in [9.17, 15) is 13.2 Å². The summed E-state index contributed by atoms with van der Waals surface area (Å²) in [4.78, 5) is 16.2. The summed E-state index contributed by atoms with van der Waals surface area (Å²) in [5.41, 5.74) is 3.64. The van der Waals surface area contributed by atoms with Gasteiger partial charge in [-0.1, -0.05) is 35.9 Å². The molecule has 0 aliphatic rings. The lowest BCUT2D eigenvalue weighted by Crippen LogP contribution is -2.29. The smallest absolute Gasteiger partial charge is 0.319 e. The average Bonchev–Trinajstić information content (AvgIpc) is 2.78. The predicted molar refractivity (Wildman–Crippen MR) is 121 cm³/mol. The zero-order valence-corrected chi connectivity index (χ0v) is 18.4. The number of likely N-dealkylation sites (N-methyl/N-ethyl adjacent to an activating group) is 1. The van der Waals surface area contributed by atoms with Crippen LogP contribution in [0.25, 0.3) is 0 Å². The van der Waals surface area contributed by atoms with Crippen molar-refractivity contribution in [1.29, 1.82) is 0 Å². The number of carbonyl (C=O) groups excluding carboxylic acids is 1. The number of benzene rings is 2. The molecule has 0 fully saturated rings. The van der Waals surface area contributed by atoms with Gasteiger partial charge in [0.05, 0.1) is 4.90 Å². The molecule has 2 amide bonds. The van der Waals surface area contributed by atoms with E-state index >= 15 is 0 Å². The molecule has 0 bridgehead atoms. The van der Waals surface area contributed by atoms with Gasteiger partial charge in [0.1, 0.15) is 0 Å². The molecular weight excluding hydrogens is 412 g/mol. The Bertz CT molecular complexity index is 1100. The van der Waals surface area contributed by atoms with Gasteiger partial charge in [0.2, 0.25) is 10.0 Å². The lowest BCUT2D eigenvalue weighted by Gasteiger charge is -2.17. The third kappa shape index (κ3) is 6.37. The number of hydrogen-bond donors (Lipinski definition) is 2. The van der Waals surface area contributed by atoms with Gasteiger partial charge in [0.25, 0.3) is 0 Å². The fourth-order valence-electron chi connectivity index (χ4n) is 2.91. The van der Waals surface area contributed by atoms with Crippen molar-refractivity contribution in [2.45, 2.75) is 24.8 Å². The van der Waals surface area contributed by atoms with E-state index in [1.54, 1.807) is 37.6 Å². The molecule has 8 heteroatoms. The van der Waals surface area contributed by atoms with Crippen molar-refractivity contribution in [2.75, 3.05) is 18.9 Å². The Morgan fingerprint density at radius 3 is 2.35 bits per heavy atom. The Labute approximate surface area is 183 Å². The first-order chi connectivity index (χ1) is 14.8. The number of sulfonamides is 1. The second-order valence-electron chi connectivity index (χ2n) is 7.26. The Balaban J connectivity index is 1.54. The molecule has 0 saturated carbocycles. The highest BCUT2D eigenvalue weighted by atomic mass is 32.2. The van der Waals surface area contributed by atoms with Crippen LogP contribution in [0.4, 0.5) is 10.5 Å². The topological polar surface area (TPSA) is 91.4 Å². The summed E-state index contributed by atoms with van der Waals surface area (Å²) < 4.78 is 27.0. The summed E-state index contributed by atoms with van der Waals surface area (Å²) in [7, 11) is -2.04. The summed E-state index contributed by atoms with van der Waals surface area (Å²) in [5, 5.41) is 5.42. The SMILES string of the molecule is Cc1ccc(CCN(C)S(=O)(=O)c2ccc(NC(=O)NCc3cccnc3)cc2)cc1. The molecule has 0 aliphatic heterocycles. The highest BCUT2D eigenvalue weighted by molar-refractivity contribution is 7.89. The first kappa shape index (κ1) is 22.5. The van der Waals surface area contributed by atoms with Crippen molar-refractivity contribution in [2.24, 2.45) is 0 Å². The molecule has 7 nitrogen and oxygen atoms in total. The van der Waals surface area contributed by atoms with Crippen LogP contribution in [-0.4, -0.2) is 37.3 Å². The van der Waals surface area contributed by atoms with Crippen LogP contribution in [0.15, 0.2) is 78.0 Å². The fraction of sp³-hybridized carbons (Fsp3) is 0.217. The van der Waals surface area contributed by atoms with Crippen molar-refractivity contribution in [3.05, 3.63) is 89.7 Å². The number of nitrogens with zero attached hydrogens (tertiary/aromatic N) is 2. The third-order valence-corrected chi connectivity index (χ3v) is 6.70. The van der Waals surface area contributed by atoms with Crippen molar-refractivity contribution < 1.29 is 13.2 Å². The number of nitrogens with one attached hydrogen (secondary N) is 2. The van der Waals surface area contributed by atoms with Gasteiger partial charge >= 0.3 is 6.03 Å². The van der Waals surface area contributed by atoms with Crippen LogP contribution in [0.2, 0.25) is 0 Å². The van der Waals surface area contributed by atoms with Gasteiger partial charge in [-0.15, -0.1) is 0 Å². The van der Waals surface area contributed by atoms with E-state index in [4.69, 9.17) is 0 Å². The minimum absolute atomic E-state index is 0.181. The number of pyridine rings is 1. The van der Waals surface area contributed by atoms with Gasteiger partial charge in [-0.2, -0.15) is 0 Å². The summed E-state index contributed by atoms with van der Waals surface area (Å²) in [6.07, 6.45) is 3.97. The van der Waals surface area contributed by atoms with E-state index in [0.717, 1.165) is 11.1 Å². The highest BCUT2D eigenvalue weighted by Gasteiger charge is 2.20. The molecule has 2 aromatic carbocycles. The number of carbonyl (C=O) groups is 1. The summed E-state index contributed by atoms with van der Waals surface area (Å²) in [5.74, 6) is 0. The van der Waals surface area contributed by atoms with E-state index in [0.29, 0.717) is 25.2 Å². The van der Waals surface area contributed by atoms with E-state index in [1.165, 1.54) is 22.0 Å². The Morgan fingerprint density at radius 1 is 1.00 bits per heavy atom. The number of amides is 2. The second kappa shape index (κ2) is 10.2. The molecule has 2 N–H and O–H groups in total. The minimum atomic E-state index is -3.61. The maximum absolute atomic E-state index is 12.8. The Morgan fingerprint density at radius 2 is 1.71 bits per heavy atom. The van der Waals surface area contributed by atoms with Gasteiger partial charge in [-0.25, -0.2) is 17.5 Å². The summed E-state index contributed by atoms with van der Waals surface area (Å²) in [6, 6.07) is 17.5. The molecule has 3 rings (SSSR count). The van der Waals surface area contributed by atoms with E-state index in [-0.39, 0.29) is 10.9 Å². The first-order valence-corrected chi connectivity index (χ1v) is 11.3. The minimum Gasteiger partial charge on any atom is -0.334 e. The van der Waals surface area contributed by atoms with Crippen LogP contribution in [0, 0.1) is 6.92 Å². The van der Waals surface area contributed by atoms with Crippen LogP contribution in [-0.2, 0) is 23.0 Å². The van der Waals surface area contributed by atoms with Crippen LogP contribution in [0.1, 0.15) is 16.7 Å². The molecule has 3 aromatic rings. The number of anilines is 1. The average molecular weight is 439 g/mol. The number of aryl methyl sites for hydroxylation is 1. The first-order valence-electron chi connectivity index (χ1n) is 9.90. The molecule has 0 aliphatic carbocycles. The zero-order valence-electron chi connectivity index (χ0n) is 17.6. The monoisotopic (exact) mass is 438 g/mol. The van der Waals surface area contributed by atoms with E-state index in [2.05, 4.69) is 15.6 Å². The van der Waals surface area contributed by atoms with Crippen LogP contribution < -0.4 is 10.6 Å². The summed E-state index contributed by atoms with van der Waals surface area (Å²) in [6.45, 7) is 2.74. The lowest BCUT2D eigenvalue weighted by atomic mass is 10.1. The molecule has 0 radical (unpaired) electrons. The third-order valence-electron chi connectivity index (χ3n) is 4.83. The quantitative estimate of drug-likeness (QED) is 0.562. The molecule has 1 heterocycles. The van der Waals surface area contributed by atoms with Crippen molar-refractivity contribution in [1.82, 2.24) is 14.6 Å². The largest absolute Gasteiger partial charge is 0.334 e. The molecule has 162 valence electrons. The maximum Gasteiger partial charge on any atom is 0.319 e. The molecule has 0 saturated heterocycles. The molecule has 31 heavy (non-hydrogen) atoms. The van der Waals surface area contributed by atoms with Gasteiger partial charge in [-0.3, -0.25) is 4.98 Å². The van der Waals surface area contributed by atoms with Gasteiger partial charge in [0, 0.05) is 38.2 Å². The molecule has 0 atom stereocenters. The van der Waals surface area contributed by atoms with E-state index in [1.807, 2.05) is 37.3 Å². The van der Waals surface area contributed by atoms with E-state index < -0.39 is 10.0 Å². The lowest BCUT2D eigenvalue weighted by molar-refractivity contribution is 0.251. The standard InChI is InChI=1S/C23H26N4O3S/c1-18-5-7-19(8-6-18)13-15-27(2)31(29,30)22-11-9-21(10-12-22)26-23(28)25-17-20-4-3-14-24-16-20/h3-12,14,16H,13,15,17H2,1-2H3,(H2,25,26,28). The Kier molecular flexibility index (Phi) is 7.38.